The van der Waals surface area contributed by atoms with E-state index in [0.717, 1.165) is 12.6 Å². The zero-order chi connectivity index (χ0) is 11.5. The van der Waals surface area contributed by atoms with Crippen molar-refractivity contribution in [2.24, 2.45) is 0 Å². The predicted molar refractivity (Wildman–Crippen MR) is 67.2 cm³/mol. The summed E-state index contributed by atoms with van der Waals surface area (Å²) in [5.74, 6) is 0. The quantitative estimate of drug-likeness (QED) is 0.770. The summed E-state index contributed by atoms with van der Waals surface area (Å²) >= 11 is 0. The molecule has 0 bridgehead atoms. The standard InChI is InChI=1S/C13H28N2/c1-6-8-12(7-2)15-10-13(4,5)14-9-11(15)3/h11-12,14H,6-10H2,1-5H3. The Bertz CT molecular complexity index is 189. The van der Waals surface area contributed by atoms with Gasteiger partial charge in [-0.05, 0) is 33.6 Å². The molecule has 2 heteroatoms. The number of piperazine rings is 1. The minimum Gasteiger partial charge on any atom is -0.309 e. The van der Waals surface area contributed by atoms with Crippen LogP contribution in [0.15, 0.2) is 0 Å². The maximum absolute atomic E-state index is 3.62. The van der Waals surface area contributed by atoms with Crippen molar-refractivity contribution in [2.75, 3.05) is 13.1 Å². The number of hydrogen-bond donors (Lipinski definition) is 1. The molecule has 0 amide bonds. The number of nitrogens with one attached hydrogen (secondary N) is 1. The van der Waals surface area contributed by atoms with Gasteiger partial charge in [-0.2, -0.15) is 0 Å². The van der Waals surface area contributed by atoms with Crippen molar-refractivity contribution in [3.8, 4) is 0 Å². The highest BCUT2D eigenvalue weighted by Crippen LogP contribution is 2.21. The lowest BCUT2D eigenvalue weighted by Crippen LogP contribution is -2.62. The van der Waals surface area contributed by atoms with Crippen molar-refractivity contribution in [1.82, 2.24) is 10.2 Å². The first-order valence-corrected chi connectivity index (χ1v) is 6.51. The van der Waals surface area contributed by atoms with Crippen LogP contribution in [-0.2, 0) is 0 Å². The molecule has 2 atom stereocenters. The van der Waals surface area contributed by atoms with Crippen LogP contribution >= 0.6 is 0 Å². The van der Waals surface area contributed by atoms with Crippen LogP contribution < -0.4 is 5.32 Å². The fourth-order valence-electron chi connectivity index (χ4n) is 2.64. The van der Waals surface area contributed by atoms with Crippen LogP contribution in [0.3, 0.4) is 0 Å². The molecule has 0 aliphatic carbocycles. The van der Waals surface area contributed by atoms with Gasteiger partial charge in [-0.1, -0.05) is 20.3 Å². The molecular weight excluding hydrogens is 184 g/mol. The highest BCUT2D eigenvalue weighted by atomic mass is 15.3. The molecule has 0 radical (unpaired) electrons. The van der Waals surface area contributed by atoms with E-state index in [4.69, 9.17) is 0 Å². The van der Waals surface area contributed by atoms with Gasteiger partial charge in [0, 0.05) is 30.7 Å². The second-order valence-corrected chi connectivity index (χ2v) is 5.64. The molecule has 0 aromatic carbocycles. The van der Waals surface area contributed by atoms with Gasteiger partial charge in [-0.25, -0.2) is 0 Å². The Morgan fingerprint density at radius 2 is 2.07 bits per heavy atom. The molecule has 2 nitrogen and oxygen atoms in total. The molecule has 1 aliphatic rings. The summed E-state index contributed by atoms with van der Waals surface area (Å²) in [5.41, 5.74) is 0.285. The lowest BCUT2D eigenvalue weighted by Gasteiger charge is -2.47. The fourth-order valence-corrected chi connectivity index (χ4v) is 2.64. The van der Waals surface area contributed by atoms with E-state index in [0.29, 0.717) is 6.04 Å². The van der Waals surface area contributed by atoms with Crippen molar-refractivity contribution in [3.05, 3.63) is 0 Å². The summed E-state index contributed by atoms with van der Waals surface area (Å²) in [6.45, 7) is 13.9. The predicted octanol–water partition coefficient (Wildman–Crippen LogP) is 2.64. The lowest BCUT2D eigenvalue weighted by molar-refractivity contribution is 0.0563. The van der Waals surface area contributed by atoms with Crippen LogP contribution in [0.1, 0.15) is 53.9 Å². The summed E-state index contributed by atoms with van der Waals surface area (Å²) in [7, 11) is 0. The molecule has 1 aliphatic heterocycles. The minimum absolute atomic E-state index is 0.285. The highest BCUT2D eigenvalue weighted by molar-refractivity contribution is 4.93. The van der Waals surface area contributed by atoms with Gasteiger partial charge < -0.3 is 5.32 Å². The van der Waals surface area contributed by atoms with E-state index in [9.17, 15) is 0 Å². The molecule has 1 rings (SSSR count). The van der Waals surface area contributed by atoms with Crippen molar-refractivity contribution in [1.29, 1.82) is 0 Å². The van der Waals surface area contributed by atoms with Crippen LogP contribution in [0.4, 0.5) is 0 Å². The third kappa shape index (κ3) is 3.46. The number of nitrogens with zero attached hydrogens (tertiary/aromatic N) is 1. The lowest BCUT2D eigenvalue weighted by atomic mass is 9.95. The molecule has 0 aromatic heterocycles. The van der Waals surface area contributed by atoms with Crippen LogP contribution in [-0.4, -0.2) is 35.6 Å². The Morgan fingerprint density at radius 3 is 2.60 bits per heavy atom. The maximum Gasteiger partial charge on any atom is 0.0253 e. The van der Waals surface area contributed by atoms with Crippen LogP contribution in [0, 0.1) is 0 Å². The molecule has 0 saturated carbocycles. The van der Waals surface area contributed by atoms with Crippen molar-refractivity contribution < 1.29 is 0 Å². The van der Waals surface area contributed by atoms with E-state index in [2.05, 4.69) is 44.8 Å². The summed E-state index contributed by atoms with van der Waals surface area (Å²) < 4.78 is 0. The van der Waals surface area contributed by atoms with Crippen LogP contribution in [0.25, 0.3) is 0 Å². The second kappa shape index (κ2) is 5.31. The van der Waals surface area contributed by atoms with E-state index < -0.39 is 0 Å². The van der Waals surface area contributed by atoms with Crippen LogP contribution in [0.5, 0.6) is 0 Å². The van der Waals surface area contributed by atoms with Gasteiger partial charge in [0.2, 0.25) is 0 Å². The van der Waals surface area contributed by atoms with Gasteiger partial charge >= 0.3 is 0 Å². The normalized spacial score (nSPS) is 29.0. The largest absolute Gasteiger partial charge is 0.309 e. The first kappa shape index (κ1) is 13.0. The maximum atomic E-state index is 3.62. The molecule has 1 heterocycles. The van der Waals surface area contributed by atoms with E-state index in [1.807, 2.05) is 0 Å². The van der Waals surface area contributed by atoms with Crippen molar-refractivity contribution >= 4 is 0 Å². The Labute approximate surface area is 95.4 Å². The van der Waals surface area contributed by atoms with Crippen LogP contribution in [0.2, 0.25) is 0 Å². The van der Waals surface area contributed by atoms with Gasteiger partial charge in [0.15, 0.2) is 0 Å². The monoisotopic (exact) mass is 212 g/mol. The topological polar surface area (TPSA) is 15.3 Å². The Hall–Kier alpha value is -0.0800. The molecule has 1 saturated heterocycles. The van der Waals surface area contributed by atoms with Gasteiger partial charge in [-0.3, -0.25) is 4.90 Å². The Morgan fingerprint density at radius 1 is 1.40 bits per heavy atom. The van der Waals surface area contributed by atoms with E-state index >= 15 is 0 Å². The Balaban J connectivity index is 2.63. The average molecular weight is 212 g/mol. The summed E-state index contributed by atoms with van der Waals surface area (Å²) in [5, 5.41) is 3.62. The molecule has 1 N–H and O–H groups in total. The van der Waals surface area contributed by atoms with E-state index in [1.54, 1.807) is 0 Å². The zero-order valence-corrected chi connectivity index (χ0v) is 11.1. The van der Waals surface area contributed by atoms with Gasteiger partial charge in [0.05, 0.1) is 0 Å². The number of hydrogen-bond acceptors (Lipinski definition) is 2. The summed E-state index contributed by atoms with van der Waals surface area (Å²) in [6, 6.07) is 1.47. The molecular formula is C13H28N2. The molecule has 1 fully saturated rings. The van der Waals surface area contributed by atoms with Crippen molar-refractivity contribution in [2.45, 2.75) is 71.5 Å². The van der Waals surface area contributed by atoms with Crippen molar-refractivity contribution in [3.63, 3.8) is 0 Å². The third-order valence-corrected chi connectivity index (χ3v) is 3.58. The zero-order valence-electron chi connectivity index (χ0n) is 11.1. The van der Waals surface area contributed by atoms with E-state index in [1.165, 1.54) is 25.8 Å². The summed E-state index contributed by atoms with van der Waals surface area (Å²) in [6.07, 6.45) is 3.93. The number of rotatable bonds is 4. The third-order valence-electron chi connectivity index (χ3n) is 3.58. The van der Waals surface area contributed by atoms with Gasteiger partial charge in [0.1, 0.15) is 0 Å². The molecule has 0 spiro atoms. The molecule has 0 aromatic rings. The first-order valence-electron chi connectivity index (χ1n) is 6.51. The SMILES string of the molecule is CCCC(CC)N1CC(C)(C)NCC1C. The fraction of sp³-hybridized carbons (Fsp3) is 1.00. The molecule has 15 heavy (non-hydrogen) atoms. The smallest absolute Gasteiger partial charge is 0.0253 e. The highest BCUT2D eigenvalue weighted by Gasteiger charge is 2.33. The average Bonchev–Trinajstić information content (AvgIpc) is 2.18. The molecule has 90 valence electrons. The minimum atomic E-state index is 0.285. The molecule has 2 unspecified atom stereocenters. The Kier molecular flexibility index (Phi) is 4.60. The van der Waals surface area contributed by atoms with Gasteiger partial charge in [-0.15, -0.1) is 0 Å². The van der Waals surface area contributed by atoms with E-state index in [-0.39, 0.29) is 5.54 Å². The second-order valence-electron chi connectivity index (χ2n) is 5.64. The summed E-state index contributed by atoms with van der Waals surface area (Å²) in [4.78, 5) is 2.71. The first-order chi connectivity index (χ1) is 7.00. The van der Waals surface area contributed by atoms with Gasteiger partial charge in [0.25, 0.3) is 0 Å².